The van der Waals surface area contributed by atoms with Gasteiger partial charge in [-0.2, -0.15) is 0 Å². The van der Waals surface area contributed by atoms with Crippen molar-refractivity contribution in [2.24, 2.45) is 5.92 Å². The Balaban J connectivity index is 2.37. The third-order valence-electron chi connectivity index (χ3n) is 3.43. The molecule has 19 heavy (non-hydrogen) atoms. The van der Waals surface area contributed by atoms with Gasteiger partial charge in [-0.1, -0.05) is 30.7 Å². The van der Waals surface area contributed by atoms with E-state index in [0.717, 1.165) is 12.0 Å². The number of halogens is 1. The normalized spacial score (nSPS) is 22.8. The first-order valence-electron chi connectivity index (χ1n) is 6.32. The van der Waals surface area contributed by atoms with Gasteiger partial charge in [0.1, 0.15) is 0 Å². The minimum Gasteiger partial charge on any atom is -0.481 e. The van der Waals surface area contributed by atoms with Crippen LogP contribution >= 0.6 is 11.6 Å². The highest BCUT2D eigenvalue weighted by Gasteiger charge is 2.44. The summed E-state index contributed by atoms with van der Waals surface area (Å²) in [6, 6.07) is 6.65. The fraction of sp³-hybridized carbons (Fsp3) is 0.429. The number of nitrogens with zero attached hydrogens (tertiary/aromatic N) is 1. The quantitative estimate of drug-likeness (QED) is 0.923. The lowest BCUT2D eigenvalue weighted by molar-refractivity contribution is -0.142. The van der Waals surface area contributed by atoms with Gasteiger partial charge in [0.25, 0.3) is 0 Å². The maximum absolute atomic E-state index is 12.0. The van der Waals surface area contributed by atoms with E-state index < -0.39 is 11.9 Å². The molecule has 0 bridgehead atoms. The Labute approximate surface area is 117 Å². The molecule has 1 aromatic rings. The standard InChI is InChI=1S/C14H16ClNO3/c1-2-7-16-12(17)8-11(14(18)19)13(16)9-3-5-10(15)6-4-9/h3-6,11,13H,2,7-8H2,1H3,(H,18,19). The molecule has 0 radical (unpaired) electrons. The van der Waals surface area contributed by atoms with Crippen LogP contribution < -0.4 is 0 Å². The summed E-state index contributed by atoms with van der Waals surface area (Å²) in [6.45, 7) is 2.55. The van der Waals surface area contributed by atoms with E-state index in [9.17, 15) is 14.7 Å². The first kappa shape index (κ1) is 13.9. The number of carbonyl (C=O) groups is 2. The molecular formula is C14H16ClNO3. The molecule has 102 valence electrons. The number of rotatable bonds is 4. The maximum Gasteiger partial charge on any atom is 0.309 e. The van der Waals surface area contributed by atoms with Gasteiger partial charge in [0.2, 0.25) is 5.91 Å². The number of carboxylic acid groups (broad SMARTS) is 1. The Morgan fingerprint density at radius 1 is 1.42 bits per heavy atom. The van der Waals surface area contributed by atoms with Crippen molar-refractivity contribution < 1.29 is 14.7 Å². The molecular weight excluding hydrogens is 266 g/mol. The highest BCUT2D eigenvalue weighted by atomic mass is 35.5. The van der Waals surface area contributed by atoms with Crippen molar-refractivity contribution in [1.82, 2.24) is 4.90 Å². The minimum atomic E-state index is -0.924. The molecule has 2 unspecified atom stereocenters. The largest absolute Gasteiger partial charge is 0.481 e. The molecule has 1 heterocycles. The van der Waals surface area contributed by atoms with E-state index in [1.807, 2.05) is 6.92 Å². The number of carboxylic acids is 1. The van der Waals surface area contributed by atoms with Gasteiger partial charge in [0.15, 0.2) is 0 Å². The zero-order chi connectivity index (χ0) is 14.0. The van der Waals surface area contributed by atoms with E-state index in [4.69, 9.17) is 11.6 Å². The van der Waals surface area contributed by atoms with Gasteiger partial charge >= 0.3 is 5.97 Å². The highest BCUT2D eigenvalue weighted by molar-refractivity contribution is 6.30. The van der Waals surface area contributed by atoms with E-state index in [0.29, 0.717) is 11.6 Å². The van der Waals surface area contributed by atoms with Crippen molar-refractivity contribution in [3.05, 3.63) is 34.9 Å². The monoisotopic (exact) mass is 281 g/mol. The van der Waals surface area contributed by atoms with Gasteiger partial charge in [0, 0.05) is 18.0 Å². The molecule has 0 aromatic heterocycles. The first-order chi connectivity index (χ1) is 9.04. The SMILES string of the molecule is CCCN1C(=O)CC(C(=O)O)C1c1ccc(Cl)cc1. The molecule has 1 fully saturated rings. The fourth-order valence-corrected chi connectivity index (χ4v) is 2.71. The summed E-state index contributed by atoms with van der Waals surface area (Å²) in [5, 5.41) is 9.90. The summed E-state index contributed by atoms with van der Waals surface area (Å²) in [4.78, 5) is 25.0. The van der Waals surface area contributed by atoms with Crippen molar-refractivity contribution in [3.8, 4) is 0 Å². The highest BCUT2D eigenvalue weighted by Crippen LogP contribution is 2.38. The lowest BCUT2D eigenvalue weighted by Crippen LogP contribution is -2.31. The van der Waals surface area contributed by atoms with Gasteiger partial charge in [-0.05, 0) is 24.1 Å². The van der Waals surface area contributed by atoms with Crippen LogP contribution in [-0.2, 0) is 9.59 Å². The first-order valence-corrected chi connectivity index (χ1v) is 6.70. The van der Waals surface area contributed by atoms with Crippen LogP contribution in [0, 0.1) is 5.92 Å². The smallest absolute Gasteiger partial charge is 0.309 e. The summed E-state index contributed by atoms with van der Waals surface area (Å²) in [5.41, 5.74) is 0.830. The van der Waals surface area contributed by atoms with E-state index >= 15 is 0 Å². The van der Waals surface area contributed by atoms with Crippen molar-refractivity contribution in [2.45, 2.75) is 25.8 Å². The summed E-state index contributed by atoms with van der Waals surface area (Å²) in [5.74, 6) is -1.69. The molecule has 1 aromatic carbocycles. The number of hydrogen-bond acceptors (Lipinski definition) is 2. The minimum absolute atomic E-state index is 0.0721. The summed E-state index contributed by atoms with van der Waals surface area (Å²) < 4.78 is 0. The third kappa shape index (κ3) is 2.73. The fourth-order valence-electron chi connectivity index (χ4n) is 2.59. The second-order valence-electron chi connectivity index (χ2n) is 4.73. The number of likely N-dealkylation sites (tertiary alicyclic amines) is 1. The lowest BCUT2D eigenvalue weighted by Gasteiger charge is -2.27. The summed E-state index contributed by atoms with van der Waals surface area (Å²) >= 11 is 5.85. The van der Waals surface area contributed by atoms with Crippen LogP contribution in [0.4, 0.5) is 0 Å². The van der Waals surface area contributed by atoms with E-state index in [1.165, 1.54) is 0 Å². The number of benzene rings is 1. The van der Waals surface area contributed by atoms with E-state index in [2.05, 4.69) is 0 Å². The Bertz CT molecular complexity index is 486. The van der Waals surface area contributed by atoms with Crippen LogP contribution in [-0.4, -0.2) is 28.4 Å². The third-order valence-corrected chi connectivity index (χ3v) is 3.68. The van der Waals surface area contributed by atoms with Crippen LogP contribution in [0.25, 0.3) is 0 Å². The van der Waals surface area contributed by atoms with Crippen molar-refractivity contribution in [3.63, 3.8) is 0 Å². The second kappa shape index (κ2) is 5.61. The van der Waals surface area contributed by atoms with Crippen LogP contribution in [0.1, 0.15) is 31.4 Å². The van der Waals surface area contributed by atoms with Crippen LogP contribution in [0.2, 0.25) is 5.02 Å². The Morgan fingerprint density at radius 3 is 2.58 bits per heavy atom. The molecule has 1 amide bonds. The van der Waals surface area contributed by atoms with Crippen LogP contribution in [0.15, 0.2) is 24.3 Å². The van der Waals surface area contributed by atoms with Gasteiger partial charge in [-0.3, -0.25) is 9.59 Å². The van der Waals surface area contributed by atoms with Crippen LogP contribution in [0.5, 0.6) is 0 Å². The van der Waals surface area contributed by atoms with E-state index in [-0.39, 0.29) is 18.4 Å². The topological polar surface area (TPSA) is 57.6 Å². The molecule has 4 nitrogen and oxygen atoms in total. The molecule has 2 rings (SSSR count). The summed E-state index contributed by atoms with van der Waals surface area (Å²) in [7, 11) is 0. The Morgan fingerprint density at radius 2 is 2.05 bits per heavy atom. The molecule has 1 aliphatic rings. The van der Waals surface area contributed by atoms with Gasteiger partial charge in [-0.15, -0.1) is 0 Å². The number of amides is 1. The average Bonchev–Trinajstić information content (AvgIpc) is 2.69. The van der Waals surface area contributed by atoms with Crippen LogP contribution in [0.3, 0.4) is 0 Å². The lowest BCUT2D eigenvalue weighted by atomic mass is 9.94. The zero-order valence-corrected chi connectivity index (χ0v) is 11.4. The number of hydrogen-bond donors (Lipinski definition) is 1. The number of carbonyl (C=O) groups excluding carboxylic acids is 1. The number of aliphatic carboxylic acids is 1. The molecule has 0 spiro atoms. The average molecular weight is 282 g/mol. The van der Waals surface area contributed by atoms with Crippen molar-refractivity contribution in [2.75, 3.05) is 6.54 Å². The Hall–Kier alpha value is -1.55. The molecule has 1 saturated heterocycles. The van der Waals surface area contributed by atoms with E-state index in [1.54, 1.807) is 29.2 Å². The maximum atomic E-state index is 12.0. The van der Waals surface area contributed by atoms with Crippen molar-refractivity contribution in [1.29, 1.82) is 0 Å². The van der Waals surface area contributed by atoms with Gasteiger partial charge < -0.3 is 10.0 Å². The predicted molar refractivity (Wildman–Crippen MR) is 71.9 cm³/mol. The molecule has 1 aliphatic heterocycles. The van der Waals surface area contributed by atoms with Crippen molar-refractivity contribution >= 4 is 23.5 Å². The molecule has 0 aliphatic carbocycles. The molecule has 5 heteroatoms. The molecule has 2 atom stereocenters. The molecule has 1 N–H and O–H groups in total. The zero-order valence-electron chi connectivity index (χ0n) is 10.7. The Kier molecular flexibility index (Phi) is 4.10. The van der Waals surface area contributed by atoms with Gasteiger partial charge in [0.05, 0.1) is 12.0 Å². The molecule has 0 saturated carbocycles. The van der Waals surface area contributed by atoms with Gasteiger partial charge in [-0.25, -0.2) is 0 Å². The predicted octanol–water partition coefficient (Wildman–Crippen LogP) is 2.72. The second-order valence-corrected chi connectivity index (χ2v) is 5.17. The summed E-state index contributed by atoms with van der Waals surface area (Å²) in [6.07, 6.45) is 0.880.